The first-order valence-corrected chi connectivity index (χ1v) is 8.25. The van der Waals surface area contributed by atoms with Gasteiger partial charge in [0.2, 0.25) is 10.0 Å². The average Bonchev–Trinajstić information content (AvgIpc) is 2.41. The van der Waals surface area contributed by atoms with Gasteiger partial charge in [0.1, 0.15) is 9.88 Å². The molecular formula is C12H17N3O3S2. The first kappa shape index (κ1) is 15.3. The normalized spacial score (nSPS) is 23.4. The molecule has 6 nitrogen and oxygen atoms in total. The minimum atomic E-state index is -3.69. The summed E-state index contributed by atoms with van der Waals surface area (Å²) in [6.07, 6.45) is 3.66. The predicted octanol–water partition coefficient (Wildman–Crippen LogP) is 0.298. The van der Waals surface area contributed by atoms with Crippen molar-refractivity contribution in [1.82, 2.24) is 9.71 Å². The summed E-state index contributed by atoms with van der Waals surface area (Å²) in [5, 5.41) is 9.82. The Balaban J connectivity index is 2.15. The van der Waals surface area contributed by atoms with Gasteiger partial charge in [-0.15, -0.1) is 0 Å². The molecule has 0 saturated heterocycles. The zero-order valence-electron chi connectivity index (χ0n) is 10.8. The molecule has 1 aliphatic rings. The molecule has 0 amide bonds. The summed E-state index contributed by atoms with van der Waals surface area (Å²) in [6, 6.07) is 2.43. The van der Waals surface area contributed by atoms with Gasteiger partial charge in [-0.2, -0.15) is 0 Å². The maximum atomic E-state index is 12.2. The van der Waals surface area contributed by atoms with Crippen molar-refractivity contribution in [3.8, 4) is 0 Å². The lowest BCUT2D eigenvalue weighted by atomic mass is 9.93. The van der Waals surface area contributed by atoms with E-state index >= 15 is 0 Å². The Labute approximate surface area is 123 Å². The molecule has 1 aromatic heterocycles. The van der Waals surface area contributed by atoms with Crippen LogP contribution in [0.3, 0.4) is 0 Å². The van der Waals surface area contributed by atoms with Gasteiger partial charge in [-0.05, 0) is 25.0 Å². The SMILES string of the molecule is NC(=S)c1ccc(S(=O)(=O)NC2CCCCC2O)cn1. The van der Waals surface area contributed by atoms with Crippen LogP contribution in [0.2, 0.25) is 0 Å². The van der Waals surface area contributed by atoms with Crippen LogP contribution in [0.4, 0.5) is 0 Å². The fourth-order valence-electron chi connectivity index (χ4n) is 2.20. The molecule has 4 N–H and O–H groups in total. The van der Waals surface area contributed by atoms with Crippen molar-refractivity contribution >= 4 is 27.2 Å². The molecule has 1 fully saturated rings. The lowest BCUT2D eigenvalue weighted by Gasteiger charge is -2.28. The van der Waals surface area contributed by atoms with Crippen molar-refractivity contribution in [3.63, 3.8) is 0 Å². The second-order valence-corrected chi connectivity index (χ2v) is 6.98. The number of aliphatic hydroxyl groups excluding tert-OH is 1. The number of thiocarbonyl (C=S) groups is 1. The second-order valence-electron chi connectivity index (χ2n) is 4.82. The maximum absolute atomic E-state index is 12.2. The molecule has 1 saturated carbocycles. The fourth-order valence-corrected chi connectivity index (χ4v) is 3.57. The number of hydrogen-bond donors (Lipinski definition) is 3. The molecule has 0 radical (unpaired) electrons. The van der Waals surface area contributed by atoms with E-state index in [1.165, 1.54) is 18.3 Å². The molecule has 2 unspecified atom stereocenters. The van der Waals surface area contributed by atoms with Crippen molar-refractivity contribution in [2.75, 3.05) is 0 Å². The van der Waals surface area contributed by atoms with Gasteiger partial charge in [-0.3, -0.25) is 4.98 Å². The monoisotopic (exact) mass is 315 g/mol. The summed E-state index contributed by atoms with van der Waals surface area (Å²) < 4.78 is 26.9. The maximum Gasteiger partial charge on any atom is 0.242 e. The molecule has 0 aliphatic heterocycles. The van der Waals surface area contributed by atoms with Crippen LogP contribution in [0.15, 0.2) is 23.2 Å². The van der Waals surface area contributed by atoms with E-state index in [1.807, 2.05) is 0 Å². The van der Waals surface area contributed by atoms with Gasteiger partial charge in [0.15, 0.2) is 0 Å². The van der Waals surface area contributed by atoms with E-state index in [0.29, 0.717) is 18.5 Å². The Kier molecular flexibility index (Phi) is 4.69. The van der Waals surface area contributed by atoms with E-state index in [9.17, 15) is 13.5 Å². The number of aromatic nitrogens is 1. The summed E-state index contributed by atoms with van der Waals surface area (Å²) in [7, 11) is -3.69. The highest BCUT2D eigenvalue weighted by atomic mass is 32.2. The van der Waals surface area contributed by atoms with Crippen LogP contribution in [0.25, 0.3) is 0 Å². The smallest absolute Gasteiger partial charge is 0.242 e. The predicted molar refractivity (Wildman–Crippen MR) is 78.7 cm³/mol. The summed E-state index contributed by atoms with van der Waals surface area (Å²) in [4.78, 5) is 4.06. The first-order chi connectivity index (χ1) is 9.40. The minimum Gasteiger partial charge on any atom is -0.391 e. The molecular weight excluding hydrogens is 298 g/mol. The molecule has 0 aromatic carbocycles. The summed E-state index contributed by atoms with van der Waals surface area (Å²) in [5.41, 5.74) is 5.78. The third-order valence-electron chi connectivity index (χ3n) is 3.34. The van der Waals surface area contributed by atoms with Gasteiger partial charge in [0, 0.05) is 12.2 Å². The highest BCUT2D eigenvalue weighted by Crippen LogP contribution is 2.20. The summed E-state index contributed by atoms with van der Waals surface area (Å²) in [5.74, 6) is 0. The Hall–Kier alpha value is -1.09. The van der Waals surface area contributed by atoms with Crippen LogP contribution in [0.5, 0.6) is 0 Å². The Morgan fingerprint density at radius 1 is 1.40 bits per heavy atom. The zero-order chi connectivity index (χ0) is 14.8. The Morgan fingerprint density at radius 2 is 2.10 bits per heavy atom. The van der Waals surface area contributed by atoms with Gasteiger partial charge in [-0.1, -0.05) is 25.1 Å². The van der Waals surface area contributed by atoms with Crippen molar-refractivity contribution < 1.29 is 13.5 Å². The topological polar surface area (TPSA) is 105 Å². The van der Waals surface area contributed by atoms with Gasteiger partial charge >= 0.3 is 0 Å². The lowest BCUT2D eigenvalue weighted by molar-refractivity contribution is 0.101. The van der Waals surface area contributed by atoms with Crippen molar-refractivity contribution in [1.29, 1.82) is 0 Å². The molecule has 0 bridgehead atoms. The summed E-state index contributed by atoms with van der Waals surface area (Å²) >= 11 is 4.76. The third-order valence-corrected chi connectivity index (χ3v) is 5.02. The van der Waals surface area contributed by atoms with Crippen LogP contribution in [0, 0.1) is 0 Å². The fraction of sp³-hybridized carbons (Fsp3) is 0.500. The van der Waals surface area contributed by atoms with Gasteiger partial charge < -0.3 is 10.8 Å². The Morgan fingerprint density at radius 3 is 2.65 bits per heavy atom. The van der Waals surface area contributed by atoms with Crippen molar-refractivity contribution in [2.45, 2.75) is 42.7 Å². The molecule has 0 spiro atoms. The number of rotatable bonds is 4. The molecule has 2 atom stereocenters. The largest absolute Gasteiger partial charge is 0.391 e. The Bertz CT molecular complexity index is 586. The van der Waals surface area contributed by atoms with E-state index in [0.717, 1.165) is 12.8 Å². The second kappa shape index (κ2) is 6.13. The first-order valence-electron chi connectivity index (χ1n) is 6.36. The molecule has 2 rings (SSSR count). The van der Waals surface area contributed by atoms with E-state index in [4.69, 9.17) is 18.0 Å². The van der Waals surface area contributed by atoms with Gasteiger partial charge in [-0.25, -0.2) is 13.1 Å². The molecule has 1 aliphatic carbocycles. The van der Waals surface area contributed by atoms with Crippen LogP contribution in [-0.4, -0.2) is 35.6 Å². The van der Waals surface area contributed by atoms with E-state index in [1.54, 1.807) is 0 Å². The molecule has 1 aromatic rings. The number of hydrogen-bond acceptors (Lipinski definition) is 5. The molecule has 1 heterocycles. The third kappa shape index (κ3) is 3.51. The molecule has 20 heavy (non-hydrogen) atoms. The minimum absolute atomic E-state index is 0.0373. The quantitative estimate of drug-likeness (QED) is 0.690. The van der Waals surface area contributed by atoms with Crippen LogP contribution in [-0.2, 0) is 10.0 Å². The summed E-state index contributed by atoms with van der Waals surface area (Å²) in [6.45, 7) is 0. The zero-order valence-corrected chi connectivity index (χ0v) is 12.5. The lowest BCUT2D eigenvalue weighted by Crippen LogP contribution is -2.44. The number of nitrogens with zero attached hydrogens (tertiary/aromatic N) is 1. The highest BCUT2D eigenvalue weighted by Gasteiger charge is 2.28. The highest BCUT2D eigenvalue weighted by molar-refractivity contribution is 7.89. The number of pyridine rings is 1. The van der Waals surface area contributed by atoms with Crippen molar-refractivity contribution in [3.05, 3.63) is 24.0 Å². The number of aliphatic hydroxyl groups is 1. The van der Waals surface area contributed by atoms with Gasteiger partial charge in [0.05, 0.1) is 11.8 Å². The number of nitrogens with one attached hydrogen (secondary N) is 1. The van der Waals surface area contributed by atoms with Crippen LogP contribution in [0.1, 0.15) is 31.4 Å². The molecule has 110 valence electrons. The number of nitrogens with two attached hydrogens (primary N) is 1. The van der Waals surface area contributed by atoms with E-state index < -0.39 is 22.2 Å². The number of sulfonamides is 1. The molecule has 8 heteroatoms. The van der Waals surface area contributed by atoms with Crippen molar-refractivity contribution in [2.24, 2.45) is 5.73 Å². The van der Waals surface area contributed by atoms with Gasteiger partial charge in [0.25, 0.3) is 0 Å². The average molecular weight is 315 g/mol. The van der Waals surface area contributed by atoms with Crippen LogP contribution >= 0.6 is 12.2 Å². The van der Waals surface area contributed by atoms with E-state index in [-0.39, 0.29) is 9.88 Å². The van der Waals surface area contributed by atoms with E-state index in [2.05, 4.69) is 9.71 Å². The standard InChI is InChI=1S/C12H17N3O3S2/c13-12(19)10-6-5-8(7-14-10)20(17,18)15-9-3-1-2-4-11(9)16/h5-7,9,11,15-16H,1-4H2,(H2,13,19). The van der Waals surface area contributed by atoms with Crippen LogP contribution < -0.4 is 10.5 Å².